The topological polar surface area (TPSA) is 74.6 Å². The van der Waals surface area contributed by atoms with Crippen molar-refractivity contribution in [3.05, 3.63) is 20.7 Å². The number of rotatable bonds is 3. The number of aromatic nitrogens is 1. The number of nitrogens with zero attached hydrogens (tertiary/aromatic N) is 1. The number of thiazole rings is 1. The van der Waals surface area contributed by atoms with Crippen molar-refractivity contribution in [2.75, 3.05) is 13.2 Å². The van der Waals surface area contributed by atoms with E-state index in [1.165, 1.54) is 5.38 Å². The molecule has 7 heteroatoms. The summed E-state index contributed by atoms with van der Waals surface area (Å²) in [6.07, 6.45) is -0.864. The maximum Gasteiger partial charge on any atom is 0.422 e. The second kappa shape index (κ2) is 5.45. The lowest BCUT2D eigenvalue weighted by Crippen LogP contribution is -2.28. The van der Waals surface area contributed by atoms with Gasteiger partial charge in [-0.3, -0.25) is 4.79 Å². The van der Waals surface area contributed by atoms with Crippen LogP contribution >= 0.6 is 11.3 Å². The molecule has 1 aromatic rings. The highest BCUT2D eigenvalue weighted by Gasteiger charge is 2.21. The molecular formula is C9H11NO5S. The lowest BCUT2D eigenvalue weighted by Gasteiger charge is -2.05. The summed E-state index contributed by atoms with van der Waals surface area (Å²) in [6, 6.07) is 0. The van der Waals surface area contributed by atoms with Crippen molar-refractivity contribution in [3.8, 4) is 0 Å². The molecule has 0 aliphatic carbocycles. The van der Waals surface area contributed by atoms with Gasteiger partial charge in [-0.25, -0.2) is 9.59 Å². The lowest BCUT2D eigenvalue weighted by atomic mass is 10.5. The van der Waals surface area contributed by atoms with Crippen LogP contribution in [-0.2, 0) is 9.47 Å². The van der Waals surface area contributed by atoms with Gasteiger partial charge in [0.2, 0.25) is 0 Å². The van der Waals surface area contributed by atoms with Crippen LogP contribution in [0.4, 0.5) is 4.79 Å². The molecular weight excluding hydrogens is 234 g/mol. The van der Waals surface area contributed by atoms with Crippen LogP contribution in [0.3, 0.4) is 0 Å². The summed E-state index contributed by atoms with van der Waals surface area (Å²) in [5.74, 6) is -0.714. The van der Waals surface area contributed by atoms with Gasteiger partial charge in [0.15, 0.2) is 5.69 Å². The Labute approximate surface area is 95.4 Å². The number of ether oxygens (including phenoxy) is 2. The number of hydrogen-bond acceptors (Lipinski definition) is 6. The molecule has 0 fully saturated rings. The molecule has 1 rings (SSSR count). The largest absolute Gasteiger partial charge is 0.461 e. The zero-order chi connectivity index (χ0) is 12.1. The molecule has 0 saturated carbocycles. The molecule has 1 heterocycles. The Balaban J connectivity index is 3.07. The van der Waals surface area contributed by atoms with Crippen molar-refractivity contribution in [3.63, 3.8) is 0 Å². The van der Waals surface area contributed by atoms with Gasteiger partial charge in [0.25, 0.3) is 0 Å². The molecule has 0 atom stereocenters. The summed E-state index contributed by atoms with van der Waals surface area (Å²) in [6.45, 7) is 3.55. The summed E-state index contributed by atoms with van der Waals surface area (Å²) in [5, 5.41) is 1.28. The minimum absolute atomic E-state index is 0.102. The molecule has 0 aromatic carbocycles. The van der Waals surface area contributed by atoms with Crippen molar-refractivity contribution in [1.29, 1.82) is 0 Å². The SMILES string of the molecule is CCOC(=O)c1csc(=O)n1C(=O)OCC. The van der Waals surface area contributed by atoms with Crippen molar-refractivity contribution in [2.45, 2.75) is 13.8 Å². The highest BCUT2D eigenvalue weighted by Crippen LogP contribution is 2.05. The molecule has 0 radical (unpaired) electrons. The minimum atomic E-state index is -0.864. The van der Waals surface area contributed by atoms with E-state index in [0.29, 0.717) is 4.57 Å². The molecule has 6 nitrogen and oxygen atoms in total. The average molecular weight is 245 g/mol. The molecule has 0 amide bonds. The minimum Gasteiger partial charge on any atom is -0.461 e. The number of carbonyl (C=O) groups excluding carboxylic acids is 2. The molecule has 1 aromatic heterocycles. The van der Waals surface area contributed by atoms with Crippen molar-refractivity contribution in [1.82, 2.24) is 4.57 Å². The van der Waals surface area contributed by atoms with E-state index in [1.807, 2.05) is 0 Å². The van der Waals surface area contributed by atoms with Gasteiger partial charge in [-0.15, -0.1) is 0 Å². The van der Waals surface area contributed by atoms with Gasteiger partial charge < -0.3 is 9.47 Å². The lowest BCUT2D eigenvalue weighted by molar-refractivity contribution is 0.0511. The normalized spacial score (nSPS) is 9.88. The van der Waals surface area contributed by atoms with Crippen LogP contribution in [0.25, 0.3) is 0 Å². The van der Waals surface area contributed by atoms with Crippen LogP contribution in [0.15, 0.2) is 10.2 Å². The van der Waals surface area contributed by atoms with Crippen molar-refractivity contribution >= 4 is 23.4 Å². The van der Waals surface area contributed by atoms with Crippen LogP contribution in [-0.4, -0.2) is 29.8 Å². The third-order valence-electron chi connectivity index (χ3n) is 1.63. The Hall–Kier alpha value is -1.63. The average Bonchev–Trinajstić information content (AvgIpc) is 2.61. The maximum absolute atomic E-state index is 11.4. The Morgan fingerprint density at radius 2 is 1.94 bits per heavy atom. The van der Waals surface area contributed by atoms with Gasteiger partial charge in [0.1, 0.15) is 0 Å². The third-order valence-corrected chi connectivity index (χ3v) is 2.36. The van der Waals surface area contributed by atoms with Crippen molar-refractivity contribution < 1.29 is 19.1 Å². The van der Waals surface area contributed by atoms with Crippen LogP contribution in [0.2, 0.25) is 0 Å². The van der Waals surface area contributed by atoms with Gasteiger partial charge in [-0.05, 0) is 13.8 Å². The highest BCUT2D eigenvalue weighted by molar-refractivity contribution is 7.07. The maximum atomic E-state index is 11.4. The Morgan fingerprint density at radius 3 is 2.50 bits per heavy atom. The second-order valence-electron chi connectivity index (χ2n) is 2.64. The van der Waals surface area contributed by atoms with E-state index in [1.54, 1.807) is 13.8 Å². The van der Waals surface area contributed by atoms with Crippen LogP contribution in [0, 0.1) is 0 Å². The molecule has 0 bridgehead atoms. The van der Waals surface area contributed by atoms with E-state index in [-0.39, 0.29) is 18.9 Å². The first-order valence-electron chi connectivity index (χ1n) is 4.66. The van der Waals surface area contributed by atoms with E-state index in [4.69, 9.17) is 4.74 Å². The van der Waals surface area contributed by atoms with Gasteiger partial charge in [-0.1, -0.05) is 11.3 Å². The molecule has 16 heavy (non-hydrogen) atoms. The van der Waals surface area contributed by atoms with Crippen LogP contribution < -0.4 is 4.87 Å². The van der Waals surface area contributed by atoms with E-state index in [0.717, 1.165) is 11.3 Å². The Morgan fingerprint density at radius 1 is 1.31 bits per heavy atom. The smallest absolute Gasteiger partial charge is 0.422 e. The summed E-state index contributed by atoms with van der Waals surface area (Å²) < 4.78 is 10.0. The molecule has 0 aliphatic rings. The number of esters is 1. The number of hydrogen-bond donors (Lipinski definition) is 0. The zero-order valence-corrected chi connectivity index (χ0v) is 9.70. The van der Waals surface area contributed by atoms with Gasteiger partial charge >= 0.3 is 16.9 Å². The molecule has 0 N–H and O–H groups in total. The fourth-order valence-corrected chi connectivity index (χ4v) is 1.71. The number of carbonyl (C=O) groups is 2. The Kier molecular flexibility index (Phi) is 4.24. The van der Waals surface area contributed by atoms with E-state index >= 15 is 0 Å². The summed E-state index contributed by atoms with van der Waals surface area (Å²) in [4.78, 5) is 33.6. The van der Waals surface area contributed by atoms with E-state index in [2.05, 4.69) is 4.74 Å². The predicted octanol–water partition coefficient (Wildman–Crippen LogP) is 1.09. The zero-order valence-electron chi connectivity index (χ0n) is 8.89. The molecule has 0 saturated heterocycles. The third kappa shape index (κ3) is 2.48. The highest BCUT2D eigenvalue weighted by atomic mass is 32.1. The summed E-state index contributed by atoms with van der Waals surface area (Å²) >= 11 is 0.745. The first-order chi connectivity index (χ1) is 7.61. The second-order valence-corrected chi connectivity index (χ2v) is 3.46. The quantitative estimate of drug-likeness (QED) is 0.745. The predicted molar refractivity (Wildman–Crippen MR) is 57.0 cm³/mol. The van der Waals surface area contributed by atoms with Gasteiger partial charge in [0.05, 0.1) is 13.2 Å². The van der Waals surface area contributed by atoms with E-state index in [9.17, 15) is 14.4 Å². The van der Waals surface area contributed by atoms with Gasteiger partial charge in [-0.2, -0.15) is 4.57 Å². The van der Waals surface area contributed by atoms with Gasteiger partial charge in [0, 0.05) is 5.38 Å². The monoisotopic (exact) mass is 245 g/mol. The fraction of sp³-hybridized carbons (Fsp3) is 0.444. The fourth-order valence-electron chi connectivity index (χ4n) is 1.02. The Bertz CT molecular complexity index is 447. The molecule has 0 aliphatic heterocycles. The van der Waals surface area contributed by atoms with Crippen LogP contribution in [0.1, 0.15) is 24.3 Å². The standard InChI is InChI=1S/C9H11NO5S/c1-3-14-7(11)6-5-16-9(13)10(6)8(12)15-4-2/h5H,3-4H2,1-2H3. The molecule has 0 spiro atoms. The van der Waals surface area contributed by atoms with E-state index < -0.39 is 16.9 Å². The van der Waals surface area contributed by atoms with Crippen molar-refractivity contribution in [2.24, 2.45) is 0 Å². The first-order valence-corrected chi connectivity index (χ1v) is 5.54. The molecule has 88 valence electrons. The summed E-state index contributed by atoms with van der Waals surface area (Å²) in [7, 11) is 0. The van der Waals surface area contributed by atoms with Crippen LogP contribution in [0.5, 0.6) is 0 Å². The summed E-state index contributed by atoms with van der Waals surface area (Å²) in [5.41, 5.74) is -0.102. The first kappa shape index (κ1) is 12.4. The molecule has 0 unspecified atom stereocenters.